The second-order valence-electron chi connectivity index (χ2n) is 5.93. The van der Waals surface area contributed by atoms with Crippen LogP contribution in [0.1, 0.15) is 32.6 Å². The van der Waals surface area contributed by atoms with Crippen molar-refractivity contribution in [2.45, 2.75) is 38.7 Å². The molecule has 0 aromatic heterocycles. The minimum Gasteiger partial charge on any atom is -0.490 e. The predicted molar refractivity (Wildman–Crippen MR) is 70.4 cm³/mol. The lowest BCUT2D eigenvalue weighted by molar-refractivity contribution is 0.0817. The molecule has 0 aromatic carbocycles. The van der Waals surface area contributed by atoms with E-state index in [1.165, 1.54) is 24.0 Å². The molecule has 3 atom stereocenters. The van der Waals surface area contributed by atoms with Gasteiger partial charge >= 0.3 is 0 Å². The molecule has 1 nitrogen and oxygen atoms in total. The Morgan fingerprint density at radius 1 is 1.35 bits per heavy atom. The highest BCUT2D eigenvalue weighted by atomic mass is 16.5. The van der Waals surface area contributed by atoms with Crippen LogP contribution in [0.15, 0.2) is 48.3 Å². The molecule has 1 saturated heterocycles. The molecule has 1 aliphatic heterocycles. The molecule has 0 spiro atoms. The average molecular weight is 228 g/mol. The van der Waals surface area contributed by atoms with Crippen LogP contribution in [-0.4, -0.2) is 6.10 Å². The third kappa shape index (κ3) is 1.45. The van der Waals surface area contributed by atoms with E-state index in [0.29, 0.717) is 5.92 Å². The molecular formula is C16H20O. The first kappa shape index (κ1) is 10.9. The van der Waals surface area contributed by atoms with Crippen LogP contribution in [0.3, 0.4) is 0 Å². The molecule has 1 heterocycles. The maximum atomic E-state index is 5.86. The van der Waals surface area contributed by atoms with Crippen molar-refractivity contribution in [1.82, 2.24) is 0 Å². The Balaban J connectivity index is 2.04. The summed E-state index contributed by atoms with van der Waals surface area (Å²) in [5.41, 5.74) is 4.11. The average Bonchev–Trinajstić information content (AvgIpc) is 2.52. The van der Waals surface area contributed by atoms with Crippen molar-refractivity contribution in [2.75, 3.05) is 0 Å². The van der Waals surface area contributed by atoms with Gasteiger partial charge < -0.3 is 4.74 Å². The number of hydrogen-bond donors (Lipinski definition) is 0. The van der Waals surface area contributed by atoms with E-state index in [0.717, 1.165) is 24.2 Å². The van der Waals surface area contributed by atoms with Crippen molar-refractivity contribution in [2.24, 2.45) is 11.3 Å². The summed E-state index contributed by atoms with van der Waals surface area (Å²) in [4.78, 5) is 0. The smallest absolute Gasteiger partial charge is 0.115 e. The van der Waals surface area contributed by atoms with E-state index < -0.39 is 0 Å². The molecular weight excluding hydrogens is 208 g/mol. The van der Waals surface area contributed by atoms with Crippen LogP contribution in [-0.2, 0) is 4.74 Å². The SMILES string of the molecule is C=C1CCC[C@]2(C)C[C@H]3OC(=C)C(=C)[C@H]3C=C12. The van der Waals surface area contributed by atoms with Crippen molar-refractivity contribution < 1.29 is 4.74 Å². The lowest BCUT2D eigenvalue weighted by atomic mass is 9.62. The Morgan fingerprint density at radius 3 is 2.88 bits per heavy atom. The summed E-state index contributed by atoms with van der Waals surface area (Å²) in [5.74, 6) is 1.12. The van der Waals surface area contributed by atoms with Gasteiger partial charge in [0, 0.05) is 5.92 Å². The van der Waals surface area contributed by atoms with Crippen LogP contribution in [0.4, 0.5) is 0 Å². The molecule has 0 aromatic rings. The van der Waals surface area contributed by atoms with Crippen LogP contribution in [0.5, 0.6) is 0 Å². The van der Waals surface area contributed by atoms with Crippen LogP contribution in [0.25, 0.3) is 0 Å². The second-order valence-corrected chi connectivity index (χ2v) is 5.93. The summed E-state index contributed by atoms with van der Waals surface area (Å²) >= 11 is 0. The first-order chi connectivity index (χ1) is 8.01. The molecule has 1 heteroatoms. The number of ether oxygens (including phenoxy) is 1. The first-order valence-electron chi connectivity index (χ1n) is 6.46. The molecule has 2 aliphatic carbocycles. The molecule has 1 saturated carbocycles. The van der Waals surface area contributed by atoms with Crippen LogP contribution >= 0.6 is 0 Å². The summed E-state index contributed by atoms with van der Waals surface area (Å²) in [6, 6.07) is 0. The zero-order valence-corrected chi connectivity index (χ0v) is 10.6. The van der Waals surface area contributed by atoms with Gasteiger partial charge in [-0.1, -0.05) is 38.3 Å². The van der Waals surface area contributed by atoms with E-state index in [1.807, 2.05) is 0 Å². The summed E-state index contributed by atoms with van der Waals surface area (Å²) in [5, 5.41) is 0. The Kier molecular flexibility index (Phi) is 2.16. The van der Waals surface area contributed by atoms with Crippen LogP contribution < -0.4 is 0 Å². The van der Waals surface area contributed by atoms with Gasteiger partial charge in [-0.15, -0.1) is 0 Å². The highest BCUT2D eigenvalue weighted by Crippen LogP contribution is 2.54. The molecule has 0 N–H and O–H groups in total. The van der Waals surface area contributed by atoms with Gasteiger partial charge in [-0.3, -0.25) is 0 Å². The molecule has 3 rings (SSSR count). The molecule has 0 unspecified atom stereocenters. The maximum absolute atomic E-state index is 5.86. The van der Waals surface area contributed by atoms with Crippen molar-refractivity contribution >= 4 is 0 Å². The number of fused-ring (bicyclic) bond motifs is 2. The third-order valence-electron chi connectivity index (χ3n) is 4.69. The lowest BCUT2D eigenvalue weighted by Crippen LogP contribution is -2.36. The van der Waals surface area contributed by atoms with Crippen molar-refractivity contribution in [3.63, 3.8) is 0 Å². The highest BCUT2D eigenvalue weighted by molar-refractivity contribution is 5.45. The number of rotatable bonds is 0. The Bertz CT molecular complexity index is 454. The molecule has 0 bridgehead atoms. The van der Waals surface area contributed by atoms with Gasteiger partial charge in [0.25, 0.3) is 0 Å². The van der Waals surface area contributed by atoms with E-state index in [2.05, 4.69) is 32.7 Å². The Morgan fingerprint density at radius 2 is 2.12 bits per heavy atom. The maximum Gasteiger partial charge on any atom is 0.115 e. The van der Waals surface area contributed by atoms with Gasteiger partial charge in [-0.05, 0) is 42.2 Å². The fourth-order valence-electron chi connectivity index (χ4n) is 3.66. The monoisotopic (exact) mass is 228 g/mol. The van der Waals surface area contributed by atoms with E-state index >= 15 is 0 Å². The van der Waals surface area contributed by atoms with Crippen LogP contribution in [0.2, 0.25) is 0 Å². The van der Waals surface area contributed by atoms with E-state index in [-0.39, 0.29) is 11.5 Å². The first-order valence-corrected chi connectivity index (χ1v) is 6.46. The van der Waals surface area contributed by atoms with Gasteiger partial charge in [0.15, 0.2) is 0 Å². The van der Waals surface area contributed by atoms with Crippen LogP contribution in [0, 0.1) is 11.3 Å². The molecule has 17 heavy (non-hydrogen) atoms. The molecule has 90 valence electrons. The van der Waals surface area contributed by atoms with Gasteiger partial charge in [0.05, 0.1) is 0 Å². The second kappa shape index (κ2) is 3.38. The van der Waals surface area contributed by atoms with E-state index in [1.54, 1.807) is 0 Å². The largest absolute Gasteiger partial charge is 0.490 e. The minimum absolute atomic E-state index is 0.259. The van der Waals surface area contributed by atoms with Gasteiger partial charge in [-0.25, -0.2) is 0 Å². The van der Waals surface area contributed by atoms with Gasteiger partial charge in [0.1, 0.15) is 11.9 Å². The highest BCUT2D eigenvalue weighted by Gasteiger charge is 2.46. The van der Waals surface area contributed by atoms with Gasteiger partial charge in [0.2, 0.25) is 0 Å². The molecule has 0 radical (unpaired) electrons. The normalized spacial score (nSPS) is 40.5. The molecule has 0 amide bonds. The predicted octanol–water partition coefficient (Wildman–Crippen LogP) is 4.15. The quantitative estimate of drug-likeness (QED) is 0.605. The number of allylic oxidation sites excluding steroid dienone is 3. The number of hydrogen-bond acceptors (Lipinski definition) is 1. The molecule has 2 fully saturated rings. The summed E-state index contributed by atoms with van der Waals surface area (Å²) < 4.78 is 5.86. The van der Waals surface area contributed by atoms with E-state index in [9.17, 15) is 0 Å². The summed E-state index contributed by atoms with van der Waals surface area (Å²) in [6.07, 6.45) is 7.36. The molecule has 3 aliphatic rings. The van der Waals surface area contributed by atoms with E-state index in [4.69, 9.17) is 4.74 Å². The third-order valence-corrected chi connectivity index (χ3v) is 4.69. The lowest BCUT2D eigenvalue weighted by Gasteiger charge is -2.43. The van der Waals surface area contributed by atoms with Crippen molar-refractivity contribution in [3.8, 4) is 0 Å². The summed E-state index contributed by atoms with van der Waals surface area (Å²) in [6.45, 7) is 14.6. The Hall–Kier alpha value is -1.24. The Labute approximate surface area is 104 Å². The zero-order chi connectivity index (χ0) is 12.2. The fraction of sp³-hybridized carbons (Fsp3) is 0.500. The standard InChI is InChI=1S/C16H20O/c1-10-6-5-7-16(4)9-15-13(8-14(10)16)11(2)12(3)17-15/h8,13,15H,1-3,5-7,9H2,4H3/t13-,15-,16-/m1/s1. The van der Waals surface area contributed by atoms with Crippen molar-refractivity contribution in [3.05, 3.63) is 48.3 Å². The summed E-state index contributed by atoms with van der Waals surface area (Å²) in [7, 11) is 0. The zero-order valence-electron chi connectivity index (χ0n) is 10.6. The van der Waals surface area contributed by atoms with Crippen molar-refractivity contribution in [1.29, 1.82) is 0 Å². The minimum atomic E-state index is 0.259. The fourth-order valence-corrected chi connectivity index (χ4v) is 3.66. The topological polar surface area (TPSA) is 9.23 Å². The van der Waals surface area contributed by atoms with Gasteiger partial charge in [-0.2, -0.15) is 0 Å².